The Morgan fingerprint density at radius 2 is 2.15 bits per heavy atom. The van der Waals surface area contributed by atoms with Crippen molar-refractivity contribution < 1.29 is 4.74 Å². The van der Waals surface area contributed by atoms with Crippen LogP contribution in [0.15, 0.2) is 6.07 Å². The molecule has 2 rings (SSSR count). The summed E-state index contributed by atoms with van der Waals surface area (Å²) in [5.74, 6) is 1.06. The minimum absolute atomic E-state index is 0.0261. The van der Waals surface area contributed by atoms with E-state index in [0.29, 0.717) is 0 Å². The molecule has 1 aromatic rings. The summed E-state index contributed by atoms with van der Waals surface area (Å²) < 4.78 is 5.94. The molecule has 13 heavy (non-hydrogen) atoms. The summed E-state index contributed by atoms with van der Waals surface area (Å²) in [5.41, 5.74) is 0.0261. The van der Waals surface area contributed by atoms with E-state index >= 15 is 0 Å². The standard InChI is InChI=1S/C10H15NOS/c1-7-4-9(8(2)13-7)12-10(3)5-11-6-10/h4,11H,5-6H2,1-3H3. The first kappa shape index (κ1) is 9.03. The van der Waals surface area contributed by atoms with Crippen LogP contribution in [-0.2, 0) is 0 Å². The molecule has 0 atom stereocenters. The maximum Gasteiger partial charge on any atom is 0.134 e. The molecule has 1 aromatic heterocycles. The summed E-state index contributed by atoms with van der Waals surface area (Å²) >= 11 is 1.80. The van der Waals surface area contributed by atoms with Gasteiger partial charge in [-0.25, -0.2) is 0 Å². The summed E-state index contributed by atoms with van der Waals surface area (Å²) in [6.07, 6.45) is 0. The van der Waals surface area contributed by atoms with Gasteiger partial charge in [-0.15, -0.1) is 11.3 Å². The van der Waals surface area contributed by atoms with Crippen LogP contribution in [0.4, 0.5) is 0 Å². The predicted molar refractivity (Wildman–Crippen MR) is 55.7 cm³/mol. The largest absolute Gasteiger partial charge is 0.484 e. The third kappa shape index (κ3) is 1.71. The molecule has 0 spiro atoms. The molecule has 2 heterocycles. The topological polar surface area (TPSA) is 21.3 Å². The molecule has 0 aromatic carbocycles. The monoisotopic (exact) mass is 197 g/mol. The van der Waals surface area contributed by atoms with Crippen molar-refractivity contribution in [2.75, 3.05) is 13.1 Å². The Balaban J connectivity index is 2.12. The molecule has 0 radical (unpaired) electrons. The van der Waals surface area contributed by atoms with E-state index in [-0.39, 0.29) is 5.60 Å². The fourth-order valence-corrected chi connectivity index (χ4v) is 2.37. The Kier molecular flexibility index (Phi) is 2.08. The maximum absolute atomic E-state index is 5.94. The Morgan fingerprint density at radius 1 is 1.46 bits per heavy atom. The van der Waals surface area contributed by atoms with Crippen molar-refractivity contribution in [2.45, 2.75) is 26.4 Å². The van der Waals surface area contributed by atoms with Crippen molar-refractivity contribution in [1.29, 1.82) is 0 Å². The molecule has 0 saturated carbocycles. The van der Waals surface area contributed by atoms with Crippen LogP contribution in [0.5, 0.6) is 5.75 Å². The highest BCUT2D eigenvalue weighted by Crippen LogP contribution is 2.31. The lowest BCUT2D eigenvalue weighted by Gasteiger charge is -2.39. The van der Waals surface area contributed by atoms with Gasteiger partial charge in [-0.1, -0.05) is 0 Å². The number of rotatable bonds is 2. The van der Waals surface area contributed by atoms with E-state index in [1.165, 1.54) is 9.75 Å². The highest BCUT2D eigenvalue weighted by Gasteiger charge is 2.34. The summed E-state index contributed by atoms with van der Waals surface area (Å²) in [4.78, 5) is 2.61. The Labute approximate surface area is 82.9 Å². The van der Waals surface area contributed by atoms with Gasteiger partial charge in [-0.2, -0.15) is 0 Å². The lowest BCUT2D eigenvalue weighted by Crippen LogP contribution is -2.61. The van der Waals surface area contributed by atoms with Crippen LogP contribution in [0.2, 0.25) is 0 Å². The van der Waals surface area contributed by atoms with E-state index < -0.39 is 0 Å². The van der Waals surface area contributed by atoms with E-state index in [0.717, 1.165) is 18.8 Å². The first-order chi connectivity index (χ1) is 6.09. The molecule has 0 unspecified atom stereocenters. The maximum atomic E-state index is 5.94. The zero-order valence-corrected chi connectivity index (χ0v) is 9.12. The molecule has 1 aliphatic rings. The van der Waals surface area contributed by atoms with E-state index in [1.54, 1.807) is 11.3 Å². The van der Waals surface area contributed by atoms with E-state index in [1.807, 2.05) is 0 Å². The zero-order chi connectivity index (χ0) is 9.47. The minimum atomic E-state index is 0.0261. The van der Waals surface area contributed by atoms with Gasteiger partial charge in [0.2, 0.25) is 0 Å². The third-order valence-corrected chi connectivity index (χ3v) is 3.30. The van der Waals surface area contributed by atoms with Gasteiger partial charge in [-0.3, -0.25) is 0 Å². The van der Waals surface area contributed by atoms with Crippen molar-refractivity contribution in [1.82, 2.24) is 5.32 Å². The fourth-order valence-electron chi connectivity index (χ4n) is 1.52. The van der Waals surface area contributed by atoms with E-state index in [4.69, 9.17) is 4.74 Å². The first-order valence-corrected chi connectivity index (χ1v) is 5.37. The Bertz CT molecular complexity index is 315. The SMILES string of the molecule is Cc1cc(OC2(C)CNC2)c(C)s1. The lowest BCUT2D eigenvalue weighted by atomic mass is 10.00. The molecular formula is C10H15NOS. The summed E-state index contributed by atoms with van der Waals surface area (Å²) in [5, 5.41) is 3.23. The van der Waals surface area contributed by atoms with Crippen LogP contribution in [-0.4, -0.2) is 18.7 Å². The fraction of sp³-hybridized carbons (Fsp3) is 0.600. The number of hydrogen-bond donors (Lipinski definition) is 1. The summed E-state index contributed by atoms with van der Waals surface area (Å²) in [6.45, 7) is 8.30. The van der Waals surface area contributed by atoms with Crippen LogP contribution in [0.1, 0.15) is 16.7 Å². The Morgan fingerprint density at radius 3 is 2.54 bits per heavy atom. The zero-order valence-electron chi connectivity index (χ0n) is 8.31. The molecule has 2 nitrogen and oxygen atoms in total. The number of aryl methyl sites for hydroxylation is 2. The lowest BCUT2D eigenvalue weighted by molar-refractivity contribution is 0.0347. The highest BCUT2D eigenvalue weighted by atomic mass is 32.1. The van der Waals surface area contributed by atoms with Gasteiger partial charge in [-0.05, 0) is 26.8 Å². The second-order valence-electron chi connectivity index (χ2n) is 3.93. The number of nitrogens with one attached hydrogen (secondary N) is 1. The van der Waals surface area contributed by atoms with Crippen molar-refractivity contribution in [3.8, 4) is 5.75 Å². The van der Waals surface area contributed by atoms with Crippen LogP contribution < -0.4 is 10.1 Å². The van der Waals surface area contributed by atoms with Crippen LogP contribution in [0, 0.1) is 13.8 Å². The molecule has 0 amide bonds. The molecule has 1 fully saturated rings. The van der Waals surface area contributed by atoms with E-state index in [2.05, 4.69) is 32.2 Å². The van der Waals surface area contributed by atoms with Gasteiger partial charge >= 0.3 is 0 Å². The third-order valence-electron chi connectivity index (χ3n) is 2.35. The molecular weight excluding hydrogens is 182 g/mol. The Hall–Kier alpha value is -0.540. The molecule has 3 heteroatoms. The summed E-state index contributed by atoms with van der Waals surface area (Å²) in [6, 6.07) is 2.13. The normalized spacial score (nSPS) is 19.6. The number of ether oxygens (including phenoxy) is 1. The van der Waals surface area contributed by atoms with Crippen molar-refractivity contribution in [2.24, 2.45) is 0 Å². The van der Waals surface area contributed by atoms with Crippen molar-refractivity contribution in [3.05, 3.63) is 15.8 Å². The van der Waals surface area contributed by atoms with Gasteiger partial charge in [0.05, 0.1) is 0 Å². The average molecular weight is 197 g/mol. The van der Waals surface area contributed by atoms with Gasteiger partial charge in [0.15, 0.2) is 0 Å². The smallest absolute Gasteiger partial charge is 0.134 e. The second kappa shape index (κ2) is 3.00. The van der Waals surface area contributed by atoms with Crippen LogP contribution in [0.3, 0.4) is 0 Å². The van der Waals surface area contributed by atoms with Crippen molar-refractivity contribution in [3.63, 3.8) is 0 Å². The molecule has 0 aliphatic carbocycles. The molecule has 1 aliphatic heterocycles. The highest BCUT2D eigenvalue weighted by molar-refractivity contribution is 7.12. The number of thiophene rings is 1. The minimum Gasteiger partial charge on any atom is -0.484 e. The first-order valence-electron chi connectivity index (χ1n) is 4.56. The predicted octanol–water partition coefficient (Wildman–Crippen LogP) is 2.11. The molecule has 72 valence electrons. The van der Waals surface area contributed by atoms with Crippen LogP contribution >= 0.6 is 11.3 Å². The van der Waals surface area contributed by atoms with Gasteiger partial charge in [0, 0.05) is 22.8 Å². The summed E-state index contributed by atoms with van der Waals surface area (Å²) in [7, 11) is 0. The second-order valence-corrected chi connectivity index (χ2v) is 5.39. The van der Waals surface area contributed by atoms with Gasteiger partial charge in [0.25, 0.3) is 0 Å². The average Bonchev–Trinajstić information content (AvgIpc) is 2.27. The van der Waals surface area contributed by atoms with Gasteiger partial charge < -0.3 is 10.1 Å². The quantitative estimate of drug-likeness (QED) is 0.784. The van der Waals surface area contributed by atoms with Crippen molar-refractivity contribution >= 4 is 11.3 Å². The molecule has 0 bridgehead atoms. The van der Waals surface area contributed by atoms with Crippen LogP contribution in [0.25, 0.3) is 0 Å². The van der Waals surface area contributed by atoms with E-state index in [9.17, 15) is 0 Å². The number of hydrogen-bond acceptors (Lipinski definition) is 3. The molecule has 1 N–H and O–H groups in total. The van der Waals surface area contributed by atoms with Gasteiger partial charge in [0.1, 0.15) is 11.4 Å². The molecule has 1 saturated heterocycles.